The average Bonchev–Trinajstić information content (AvgIpc) is 2.93. The second kappa shape index (κ2) is 3.55. The minimum absolute atomic E-state index is 0.0280. The van der Waals surface area contributed by atoms with Crippen LogP contribution in [-0.4, -0.2) is 35.2 Å². The zero-order valence-corrected chi connectivity index (χ0v) is 9.06. The Hall–Kier alpha value is -2.90. The van der Waals surface area contributed by atoms with Crippen LogP contribution in [0.2, 0.25) is 0 Å². The topological polar surface area (TPSA) is 111 Å². The van der Waals surface area contributed by atoms with Crippen LogP contribution in [0.25, 0.3) is 11.3 Å². The van der Waals surface area contributed by atoms with Crippen LogP contribution in [0.1, 0.15) is 10.4 Å². The molecule has 3 rings (SSSR count). The lowest BCUT2D eigenvalue weighted by atomic mass is 10.2. The summed E-state index contributed by atoms with van der Waals surface area (Å²) >= 11 is 0. The number of aromatic nitrogens is 5. The molecule has 8 heteroatoms. The van der Waals surface area contributed by atoms with E-state index in [2.05, 4.69) is 15.1 Å². The molecule has 0 saturated carbocycles. The number of fused-ring (bicyclic) bond motifs is 1. The van der Waals surface area contributed by atoms with Crippen molar-refractivity contribution in [1.82, 2.24) is 24.1 Å². The molecule has 3 aromatic rings. The van der Waals surface area contributed by atoms with E-state index in [1.165, 1.54) is 10.6 Å². The van der Waals surface area contributed by atoms with Gasteiger partial charge in [-0.2, -0.15) is 4.98 Å². The lowest BCUT2D eigenvalue weighted by Gasteiger charge is -2.04. The number of pyridine rings is 1. The Morgan fingerprint density at radius 1 is 1.44 bits per heavy atom. The standard InChI is InChI=1S/C10H8N6O2/c11-10-13-8-7(9(17)18)3-6(4-16(8)14-10)15-2-1-12-5-15/h1-5H,(H2,11,14)(H,17,18). The molecule has 0 amide bonds. The van der Waals surface area contributed by atoms with Crippen molar-refractivity contribution < 1.29 is 9.90 Å². The van der Waals surface area contributed by atoms with Crippen LogP contribution < -0.4 is 5.73 Å². The van der Waals surface area contributed by atoms with E-state index in [-0.39, 0.29) is 17.2 Å². The third-order valence-electron chi connectivity index (χ3n) is 2.47. The van der Waals surface area contributed by atoms with Gasteiger partial charge in [-0.15, -0.1) is 5.10 Å². The smallest absolute Gasteiger partial charge is 0.339 e. The number of hydrogen-bond acceptors (Lipinski definition) is 5. The highest BCUT2D eigenvalue weighted by Gasteiger charge is 2.14. The summed E-state index contributed by atoms with van der Waals surface area (Å²) in [7, 11) is 0. The van der Waals surface area contributed by atoms with Gasteiger partial charge in [-0.3, -0.25) is 0 Å². The van der Waals surface area contributed by atoms with Gasteiger partial charge in [0.25, 0.3) is 0 Å². The number of hydrogen-bond donors (Lipinski definition) is 2. The van der Waals surface area contributed by atoms with E-state index < -0.39 is 5.97 Å². The zero-order valence-electron chi connectivity index (χ0n) is 9.06. The third kappa shape index (κ3) is 1.47. The molecule has 18 heavy (non-hydrogen) atoms. The van der Waals surface area contributed by atoms with Crippen molar-refractivity contribution in [3.05, 3.63) is 36.5 Å². The molecular weight excluding hydrogens is 236 g/mol. The van der Waals surface area contributed by atoms with Gasteiger partial charge in [0.15, 0.2) is 5.65 Å². The molecule has 90 valence electrons. The predicted molar refractivity (Wildman–Crippen MR) is 61.5 cm³/mol. The summed E-state index contributed by atoms with van der Waals surface area (Å²) in [6.07, 6.45) is 6.49. The molecule has 0 atom stereocenters. The largest absolute Gasteiger partial charge is 0.478 e. The van der Waals surface area contributed by atoms with Crippen LogP contribution in [0.4, 0.5) is 5.95 Å². The van der Waals surface area contributed by atoms with E-state index in [4.69, 9.17) is 10.8 Å². The molecule has 3 N–H and O–H groups in total. The van der Waals surface area contributed by atoms with Crippen molar-refractivity contribution in [2.45, 2.75) is 0 Å². The number of carboxylic acid groups (broad SMARTS) is 1. The first-order valence-electron chi connectivity index (χ1n) is 5.02. The molecular formula is C10H8N6O2. The highest BCUT2D eigenvalue weighted by Crippen LogP contribution is 2.16. The third-order valence-corrected chi connectivity index (χ3v) is 2.47. The number of nitrogens with two attached hydrogens (primary N) is 1. The van der Waals surface area contributed by atoms with Gasteiger partial charge in [-0.25, -0.2) is 14.3 Å². The number of anilines is 1. The lowest BCUT2D eigenvalue weighted by Crippen LogP contribution is -2.04. The molecule has 8 nitrogen and oxygen atoms in total. The van der Waals surface area contributed by atoms with Gasteiger partial charge < -0.3 is 15.4 Å². The van der Waals surface area contributed by atoms with Gasteiger partial charge in [-0.05, 0) is 6.07 Å². The predicted octanol–water partition coefficient (Wildman–Crippen LogP) is 0.195. The maximum Gasteiger partial charge on any atom is 0.339 e. The van der Waals surface area contributed by atoms with E-state index in [0.29, 0.717) is 5.69 Å². The molecule has 0 radical (unpaired) electrons. The molecule has 0 aromatic carbocycles. The van der Waals surface area contributed by atoms with E-state index >= 15 is 0 Å². The summed E-state index contributed by atoms with van der Waals surface area (Å²) in [5.74, 6) is -1.06. The number of nitrogens with zero attached hydrogens (tertiary/aromatic N) is 5. The molecule has 0 saturated heterocycles. The number of carboxylic acids is 1. The Bertz CT molecular complexity index is 730. The molecule has 0 aliphatic heterocycles. The monoisotopic (exact) mass is 244 g/mol. The molecule has 0 aliphatic rings. The number of aromatic carboxylic acids is 1. The Labute approximate surface area is 100 Å². The van der Waals surface area contributed by atoms with Gasteiger partial charge in [0.2, 0.25) is 5.95 Å². The Kier molecular flexibility index (Phi) is 2.03. The average molecular weight is 244 g/mol. The quantitative estimate of drug-likeness (QED) is 0.665. The SMILES string of the molecule is Nc1nc2c(C(=O)O)cc(-n3ccnc3)cn2n1. The molecule has 0 fully saturated rings. The fourth-order valence-electron chi connectivity index (χ4n) is 1.70. The second-order valence-electron chi connectivity index (χ2n) is 3.63. The van der Waals surface area contributed by atoms with E-state index in [1.807, 2.05) is 0 Å². The first-order chi connectivity index (χ1) is 8.65. The normalized spacial score (nSPS) is 10.9. The highest BCUT2D eigenvalue weighted by atomic mass is 16.4. The molecule has 0 spiro atoms. The van der Waals surface area contributed by atoms with E-state index in [1.54, 1.807) is 29.5 Å². The minimum atomic E-state index is -1.09. The number of imidazole rings is 1. The molecule has 3 aromatic heterocycles. The van der Waals surface area contributed by atoms with Gasteiger partial charge in [0.05, 0.1) is 18.2 Å². The minimum Gasteiger partial charge on any atom is -0.478 e. The van der Waals surface area contributed by atoms with Gasteiger partial charge in [0.1, 0.15) is 5.56 Å². The summed E-state index contributed by atoms with van der Waals surface area (Å²) in [6, 6.07) is 1.49. The summed E-state index contributed by atoms with van der Waals surface area (Å²) in [6.45, 7) is 0. The van der Waals surface area contributed by atoms with Crippen LogP contribution in [0.3, 0.4) is 0 Å². The van der Waals surface area contributed by atoms with E-state index in [9.17, 15) is 4.79 Å². The van der Waals surface area contributed by atoms with Crippen molar-refractivity contribution in [2.75, 3.05) is 5.73 Å². The number of nitrogen functional groups attached to an aromatic ring is 1. The summed E-state index contributed by atoms with van der Waals surface area (Å²) in [5.41, 5.74) is 6.33. The van der Waals surface area contributed by atoms with Crippen LogP contribution >= 0.6 is 0 Å². The molecule has 0 bridgehead atoms. The first-order valence-corrected chi connectivity index (χ1v) is 5.02. The Morgan fingerprint density at radius 2 is 2.28 bits per heavy atom. The summed E-state index contributed by atoms with van der Waals surface area (Å²) in [4.78, 5) is 19.0. The van der Waals surface area contributed by atoms with Crippen LogP contribution in [-0.2, 0) is 0 Å². The maximum atomic E-state index is 11.2. The molecule has 3 heterocycles. The first kappa shape index (κ1) is 10.3. The van der Waals surface area contributed by atoms with Crippen molar-refractivity contribution in [3.63, 3.8) is 0 Å². The number of rotatable bonds is 2. The fraction of sp³-hybridized carbons (Fsp3) is 0. The van der Waals surface area contributed by atoms with Crippen molar-refractivity contribution >= 4 is 17.6 Å². The second-order valence-corrected chi connectivity index (χ2v) is 3.63. The van der Waals surface area contributed by atoms with Gasteiger partial charge >= 0.3 is 5.97 Å². The van der Waals surface area contributed by atoms with Gasteiger partial charge in [0, 0.05) is 12.4 Å². The Balaban J connectivity index is 2.33. The van der Waals surface area contributed by atoms with Crippen LogP contribution in [0.15, 0.2) is 31.0 Å². The maximum absolute atomic E-state index is 11.2. The van der Waals surface area contributed by atoms with Crippen LogP contribution in [0.5, 0.6) is 0 Å². The van der Waals surface area contributed by atoms with Crippen LogP contribution in [0, 0.1) is 0 Å². The summed E-state index contributed by atoms with van der Waals surface area (Å²) in [5, 5.41) is 13.1. The fourth-order valence-corrected chi connectivity index (χ4v) is 1.70. The van der Waals surface area contributed by atoms with Crippen molar-refractivity contribution in [2.24, 2.45) is 0 Å². The molecule has 0 aliphatic carbocycles. The van der Waals surface area contributed by atoms with Crippen molar-refractivity contribution in [3.8, 4) is 5.69 Å². The van der Waals surface area contributed by atoms with E-state index in [0.717, 1.165) is 0 Å². The Morgan fingerprint density at radius 3 is 2.94 bits per heavy atom. The highest BCUT2D eigenvalue weighted by molar-refractivity contribution is 5.95. The van der Waals surface area contributed by atoms with Gasteiger partial charge in [-0.1, -0.05) is 0 Å². The molecule has 0 unspecified atom stereocenters. The number of carbonyl (C=O) groups is 1. The zero-order chi connectivity index (χ0) is 12.7. The lowest BCUT2D eigenvalue weighted by molar-refractivity contribution is 0.0698. The van der Waals surface area contributed by atoms with Crippen molar-refractivity contribution in [1.29, 1.82) is 0 Å². The summed E-state index contributed by atoms with van der Waals surface area (Å²) < 4.78 is 3.01.